The van der Waals surface area contributed by atoms with E-state index in [4.69, 9.17) is 9.57 Å². The van der Waals surface area contributed by atoms with Gasteiger partial charge < -0.3 is 14.9 Å². The number of methoxy groups -OCH3 is 1. The minimum Gasteiger partial charge on any atom is -0.467 e. The second kappa shape index (κ2) is 7.26. The lowest BCUT2D eigenvalue weighted by Crippen LogP contribution is -2.55. The molecule has 1 saturated heterocycles. The van der Waals surface area contributed by atoms with Crippen LogP contribution in [0.5, 0.6) is 0 Å². The largest absolute Gasteiger partial charge is 0.467 e. The zero-order chi connectivity index (χ0) is 16.0. The number of rotatable bonds is 5. The summed E-state index contributed by atoms with van der Waals surface area (Å²) in [5, 5.41) is 4.90. The van der Waals surface area contributed by atoms with Crippen molar-refractivity contribution in [3.05, 3.63) is 30.3 Å². The van der Waals surface area contributed by atoms with Gasteiger partial charge in [-0.3, -0.25) is 4.79 Å². The number of hydroxylamine groups is 2. The van der Waals surface area contributed by atoms with Crippen molar-refractivity contribution in [2.24, 2.45) is 0 Å². The van der Waals surface area contributed by atoms with E-state index in [1.54, 1.807) is 12.0 Å². The van der Waals surface area contributed by atoms with Gasteiger partial charge in [0, 0.05) is 25.2 Å². The van der Waals surface area contributed by atoms with Gasteiger partial charge in [0.25, 0.3) is 0 Å². The van der Waals surface area contributed by atoms with Crippen LogP contribution in [0.4, 0.5) is 5.69 Å². The number of anilines is 1. The number of hydrogen-bond acceptors (Lipinski definition) is 6. The molecule has 1 aliphatic heterocycles. The first-order valence-corrected chi connectivity index (χ1v) is 7.47. The van der Waals surface area contributed by atoms with Crippen LogP contribution in [0, 0.1) is 0 Å². The predicted molar refractivity (Wildman–Crippen MR) is 82.0 cm³/mol. The summed E-state index contributed by atoms with van der Waals surface area (Å²) in [7, 11) is 1.39. The van der Waals surface area contributed by atoms with Crippen LogP contribution in [0.3, 0.4) is 0 Å². The SMILES string of the molecule is CCC(=O)ON1CCC(Nc2ccccc2)(C(=O)OC)CC1. The predicted octanol–water partition coefficient (Wildman–Crippen LogP) is 1.97. The molecule has 1 aromatic rings. The summed E-state index contributed by atoms with van der Waals surface area (Å²) in [6.07, 6.45) is 1.35. The Morgan fingerprint density at radius 1 is 1.23 bits per heavy atom. The molecule has 1 N–H and O–H groups in total. The zero-order valence-electron chi connectivity index (χ0n) is 13.0. The van der Waals surface area contributed by atoms with Gasteiger partial charge in [-0.2, -0.15) is 0 Å². The van der Waals surface area contributed by atoms with Gasteiger partial charge >= 0.3 is 11.9 Å². The summed E-state index contributed by atoms with van der Waals surface area (Å²) in [6.45, 7) is 2.73. The Morgan fingerprint density at radius 3 is 2.41 bits per heavy atom. The molecule has 0 atom stereocenters. The van der Waals surface area contributed by atoms with Crippen LogP contribution in [0.15, 0.2) is 30.3 Å². The lowest BCUT2D eigenvalue weighted by atomic mass is 9.87. The maximum Gasteiger partial charge on any atom is 0.331 e. The van der Waals surface area contributed by atoms with Gasteiger partial charge in [-0.05, 0) is 25.0 Å². The molecule has 6 heteroatoms. The van der Waals surface area contributed by atoms with Crippen molar-refractivity contribution in [1.82, 2.24) is 5.06 Å². The number of nitrogens with one attached hydrogen (secondary N) is 1. The van der Waals surface area contributed by atoms with Gasteiger partial charge in [-0.15, -0.1) is 5.06 Å². The first-order chi connectivity index (χ1) is 10.6. The van der Waals surface area contributed by atoms with Crippen LogP contribution in [0.1, 0.15) is 26.2 Å². The molecule has 1 aliphatic rings. The molecule has 2 rings (SSSR count). The Labute approximate surface area is 130 Å². The Balaban J connectivity index is 2.06. The summed E-state index contributed by atoms with van der Waals surface area (Å²) in [4.78, 5) is 28.8. The van der Waals surface area contributed by atoms with E-state index >= 15 is 0 Å². The number of para-hydroxylation sites is 1. The molecular weight excluding hydrogens is 284 g/mol. The normalized spacial score (nSPS) is 17.5. The molecule has 0 aliphatic carbocycles. The van der Waals surface area contributed by atoms with Crippen LogP contribution in [0.25, 0.3) is 0 Å². The zero-order valence-corrected chi connectivity index (χ0v) is 13.0. The lowest BCUT2D eigenvalue weighted by Gasteiger charge is -2.39. The average Bonchev–Trinajstić information content (AvgIpc) is 2.56. The molecule has 0 bridgehead atoms. The molecule has 0 unspecified atom stereocenters. The first-order valence-electron chi connectivity index (χ1n) is 7.47. The highest BCUT2D eigenvalue weighted by Crippen LogP contribution is 2.28. The van der Waals surface area contributed by atoms with Crippen molar-refractivity contribution in [3.8, 4) is 0 Å². The summed E-state index contributed by atoms with van der Waals surface area (Å²) in [6, 6.07) is 9.56. The number of benzene rings is 1. The molecule has 1 fully saturated rings. The van der Waals surface area contributed by atoms with Crippen LogP contribution < -0.4 is 5.32 Å². The van der Waals surface area contributed by atoms with Crippen molar-refractivity contribution in [1.29, 1.82) is 0 Å². The van der Waals surface area contributed by atoms with Crippen molar-refractivity contribution >= 4 is 17.6 Å². The van der Waals surface area contributed by atoms with E-state index in [-0.39, 0.29) is 11.9 Å². The average molecular weight is 306 g/mol. The van der Waals surface area contributed by atoms with Crippen LogP contribution in [0.2, 0.25) is 0 Å². The number of hydrogen-bond donors (Lipinski definition) is 1. The van der Waals surface area contributed by atoms with Gasteiger partial charge in [-0.25, -0.2) is 4.79 Å². The topological polar surface area (TPSA) is 67.9 Å². The number of nitrogens with zero attached hydrogens (tertiary/aromatic N) is 1. The van der Waals surface area contributed by atoms with Crippen LogP contribution in [-0.2, 0) is 19.2 Å². The van der Waals surface area contributed by atoms with Gasteiger partial charge in [-0.1, -0.05) is 25.1 Å². The van der Waals surface area contributed by atoms with Gasteiger partial charge in [0.05, 0.1) is 7.11 Å². The second-order valence-electron chi connectivity index (χ2n) is 5.31. The number of carbonyl (C=O) groups excluding carboxylic acids is 2. The highest BCUT2D eigenvalue weighted by atomic mass is 16.7. The van der Waals surface area contributed by atoms with Crippen LogP contribution in [-0.4, -0.2) is 42.7 Å². The molecule has 1 aromatic carbocycles. The molecule has 0 spiro atoms. The quantitative estimate of drug-likeness (QED) is 0.839. The summed E-state index contributed by atoms with van der Waals surface area (Å²) in [5.41, 5.74) is 0.0810. The van der Waals surface area contributed by atoms with Crippen molar-refractivity contribution in [3.63, 3.8) is 0 Å². The molecule has 6 nitrogen and oxygen atoms in total. The van der Waals surface area contributed by atoms with E-state index in [0.29, 0.717) is 32.4 Å². The number of carbonyl (C=O) groups is 2. The van der Waals surface area contributed by atoms with Crippen LogP contribution >= 0.6 is 0 Å². The lowest BCUT2D eigenvalue weighted by molar-refractivity contribution is -0.197. The standard InChI is InChI=1S/C16H22N2O4/c1-3-14(19)22-18-11-9-16(10-12-18,15(20)21-2)17-13-7-5-4-6-8-13/h4-8,17H,3,9-12H2,1-2H3. The third-order valence-electron chi connectivity index (χ3n) is 3.83. The fourth-order valence-corrected chi connectivity index (χ4v) is 2.54. The molecule has 0 radical (unpaired) electrons. The third-order valence-corrected chi connectivity index (χ3v) is 3.83. The third kappa shape index (κ3) is 3.76. The van der Waals surface area contributed by atoms with E-state index < -0.39 is 5.54 Å². The van der Waals surface area contributed by atoms with E-state index in [1.165, 1.54) is 7.11 Å². The van der Waals surface area contributed by atoms with Crippen molar-refractivity contribution in [2.45, 2.75) is 31.7 Å². The highest BCUT2D eigenvalue weighted by Gasteiger charge is 2.43. The second-order valence-corrected chi connectivity index (χ2v) is 5.31. The Hall–Kier alpha value is -2.08. The maximum atomic E-state index is 12.3. The molecule has 0 amide bonds. The maximum absolute atomic E-state index is 12.3. The molecule has 0 aromatic heterocycles. The smallest absolute Gasteiger partial charge is 0.331 e. The fourth-order valence-electron chi connectivity index (χ4n) is 2.54. The Morgan fingerprint density at radius 2 is 1.86 bits per heavy atom. The highest BCUT2D eigenvalue weighted by molar-refractivity contribution is 5.84. The first kappa shape index (κ1) is 16.3. The van der Waals surface area contributed by atoms with E-state index in [9.17, 15) is 9.59 Å². The summed E-state index contributed by atoms with van der Waals surface area (Å²) >= 11 is 0. The van der Waals surface area contributed by atoms with Crippen molar-refractivity contribution in [2.75, 3.05) is 25.5 Å². The van der Waals surface area contributed by atoms with E-state index in [2.05, 4.69) is 5.32 Å². The molecule has 1 heterocycles. The summed E-state index contributed by atoms with van der Waals surface area (Å²) < 4.78 is 4.98. The van der Waals surface area contributed by atoms with Gasteiger partial charge in [0.15, 0.2) is 0 Å². The molecule has 0 saturated carbocycles. The Kier molecular flexibility index (Phi) is 5.38. The minimum atomic E-state index is -0.786. The van der Waals surface area contributed by atoms with Crippen molar-refractivity contribution < 1.29 is 19.2 Å². The van der Waals surface area contributed by atoms with Gasteiger partial charge in [0.1, 0.15) is 5.54 Å². The molecule has 120 valence electrons. The summed E-state index contributed by atoms with van der Waals surface area (Å²) in [5.74, 6) is -0.556. The van der Waals surface area contributed by atoms with Gasteiger partial charge in [0.2, 0.25) is 0 Å². The Bertz CT molecular complexity index is 510. The number of piperidine rings is 1. The molecular formula is C16H22N2O4. The molecule has 22 heavy (non-hydrogen) atoms. The van der Waals surface area contributed by atoms with E-state index in [1.807, 2.05) is 30.3 Å². The number of esters is 1. The fraction of sp³-hybridized carbons (Fsp3) is 0.500. The number of ether oxygens (including phenoxy) is 1. The van der Waals surface area contributed by atoms with E-state index in [0.717, 1.165) is 5.69 Å². The minimum absolute atomic E-state index is 0.262. The monoisotopic (exact) mass is 306 g/mol.